The first-order chi connectivity index (χ1) is 7.47. The second-order valence-electron chi connectivity index (χ2n) is 5.06. The first-order valence-electron chi connectivity index (χ1n) is 5.71. The summed E-state index contributed by atoms with van der Waals surface area (Å²) in [6.45, 7) is 3.70. The first kappa shape index (κ1) is 11.9. The molecule has 0 aromatic heterocycles. The summed E-state index contributed by atoms with van der Waals surface area (Å²) in [5.74, 6) is 0. The average Bonchev–Trinajstić information content (AvgIpc) is 2.65. The van der Waals surface area contributed by atoms with Gasteiger partial charge >= 0.3 is 0 Å². The molecule has 1 fully saturated rings. The summed E-state index contributed by atoms with van der Waals surface area (Å²) in [4.78, 5) is 0. The molecule has 1 heterocycles. The molecule has 0 radical (unpaired) electrons. The minimum absolute atomic E-state index is 0.163. The number of hydrogen-bond acceptors (Lipinski definition) is 2. The van der Waals surface area contributed by atoms with Crippen LogP contribution in [0, 0.1) is 0 Å². The fraction of sp³-hybridized carbons (Fsp3) is 0.538. The molecular weight excluding hydrogens is 222 g/mol. The molecule has 1 saturated heterocycles. The van der Waals surface area contributed by atoms with Crippen molar-refractivity contribution in [2.24, 2.45) is 0 Å². The summed E-state index contributed by atoms with van der Waals surface area (Å²) >= 11 is 5.97. The third-order valence-corrected chi connectivity index (χ3v) is 3.49. The molecule has 2 N–H and O–H groups in total. The van der Waals surface area contributed by atoms with Crippen LogP contribution in [0.15, 0.2) is 24.3 Å². The highest BCUT2D eigenvalue weighted by Crippen LogP contribution is 2.31. The van der Waals surface area contributed by atoms with E-state index in [1.807, 2.05) is 32.0 Å². The molecule has 1 aromatic carbocycles. The number of rotatable bonds is 2. The Hall–Kier alpha value is -0.570. The van der Waals surface area contributed by atoms with Crippen molar-refractivity contribution in [1.82, 2.24) is 5.32 Å². The number of benzene rings is 1. The van der Waals surface area contributed by atoms with Gasteiger partial charge in [-0.1, -0.05) is 23.7 Å². The largest absolute Gasteiger partial charge is 0.389 e. The molecule has 2 atom stereocenters. The summed E-state index contributed by atoms with van der Waals surface area (Å²) in [5.41, 5.74) is 0.548. The summed E-state index contributed by atoms with van der Waals surface area (Å²) < 4.78 is 0. The van der Waals surface area contributed by atoms with Crippen LogP contribution in [0.1, 0.15) is 38.3 Å². The molecule has 16 heavy (non-hydrogen) atoms. The van der Waals surface area contributed by atoms with E-state index >= 15 is 0 Å². The third-order valence-electron chi connectivity index (χ3n) is 3.25. The molecule has 1 aliphatic heterocycles. The minimum atomic E-state index is -0.659. The molecule has 3 heteroatoms. The lowest BCUT2D eigenvalue weighted by molar-refractivity contribution is 0.0432. The third kappa shape index (κ3) is 2.57. The smallest absolute Gasteiger partial charge is 0.0744 e. The lowest BCUT2D eigenvalue weighted by atomic mass is 9.98. The van der Waals surface area contributed by atoms with Gasteiger partial charge in [0.2, 0.25) is 0 Å². The van der Waals surface area contributed by atoms with Crippen molar-refractivity contribution in [2.45, 2.75) is 44.4 Å². The molecule has 1 aromatic rings. The van der Waals surface area contributed by atoms with E-state index in [-0.39, 0.29) is 6.04 Å². The van der Waals surface area contributed by atoms with Crippen molar-refractivity contribution in [3.8, 4) is 0 Å². The fourth-order valence-electron chi connectivity index (χ4n) is 2.29. The van der Waals surface area contributed by atoms with E-state index in [1.165, 1.54) is 5.56 Å². The Morgan fingerprint density at radius 1 is 1.38 bits per heavy atom. The van der Waals surface area contributed by atoms with Crippen molar-refractivity contribution in [2.75, 3.05) is 0 Å². The van der Waals surface area contributed by atoms with Crippen LogP contribution < -0.4 is 5.32 Å². The molecule has 0 aliphatic carbocycles. The Bertz CT molecular complexity index is 372. The van der Waals surface area contributed by atoms with E-state index in [9.17, 15) is 5.11 Å². The van der Waals surface area contributed by atoms with Crippen LogP contribution in [0.3, 0.4) is 0 Å². The molecule has 1 aliphatic rings. The van der Waals surface area contributed by atoms with Crippen molar-refractivity contribution in [3.63, 3.8) is 0 Å². The lowest BCUT2D eigenvalue weighted by Crippen LogP contribution is -2.43. The molecule has 2 rings (SSSR count). The molecule has 88 valence electrons. The summed E-state index contributed by atoms with van der Waals surface area (Å²) in [6.07, 6.45) is 2.05. The average molecular weight is 240 g/mol. The topological polar surface area (TPSA) is 32.3 Å². The van der Waals surface area contributed by atoms with Gasteiger partial charge in [0.1, 0.15) is 0 Å². The van der Waals surface area contributed by atoms with Gasteiger partial charge in [0.05, 0.1) is 5.60 Å². The number of hydrogen-bond donors (Lipinski definition) is 2. The van der Waals surface area contributed by atoms with E-state index in [4.69, 9.17) is 11.6 Å². The zero-order valence-electron chi connectivity index (χ0n) is 9.70. The van der Waals surface area contributed by atoms with Crippen LogP contribution in [-0.2, 0) is 0 Å². The predicted molar refractivity (Wildman–Crippen MR) is 66.6 cm³/mol. The van der Waals surface area contributed by atoms with Gasteiger partial charge in [-0.2, -0.15) is 0 Å². The van der Waals surface area contributed by atoms with Gasteiger partial charge in [0, 0.05) is 17.1 Å². The van der Waals surface area contributed by atoms with E-state index in [2.05, 4.69) is 11.4 Å². The van der Waals surface area contributed by atoms with Crippen molar-refractivity contribution < 1.29 is 5.11 Å². The highest BCUT2D eigenvalue weighted by molar-refractivity contribution is 6.30. The minimum Gasteiger partial charge on any atom is -0.389 e. The Kier molecular flexibility index (Phi) is 3.24. The number of halogens is 1. The molecule has 0 amide bonds. The van der Waals surface area contributed by atoms with Crippen LogP contribution in [0.4, 0.5) is 0 Å². The second kappa shape index (κ2) is 4.36. The summed E-state index contributed by atoms with van der Waals surface area (Å²) in [6, 6.07) is 8.40. The van der Waals surface area contributed by atoms with Crippen LogP contribution in [0.2, 0.25) is 5.02 Å². The van der Waals surface area contributed by atoms with Gasteiger partial charge in [-0.3, -0.25) is 0 Å². The van der Waals surface area contributed by atoms with Gasteiger partial charge in [-0.25, -0.2) is 0 Å². The Balaban J connectivity index is 2.09. The Morgan fingerprint density at radius 3 is 2.69 bits per heavy atom. The fourth-order valence-corrected chi connectivity index (χ4v) is 2.48. The lowest BCUT2D eigenvalue weighted by Gasteiger charge is -2.26. The van der Waals surface area contributed by atoms with Crippen molar-refractivity contribution >= 4 is 11.6 Å². The summed E-state index contributed by atoms with van der Waals surface area (Å²) in [7, 11) is 0. The SMILES string of the molecule is CC(C)(O)C1CCC(c2cccc(Cl)c2)N1. The molecule has 2 unspecified atom stereocenters. The van der Waals surface area contributed by atoms with Crippen molar-refractivity contribution in [1.29, 1.82) is 0 Å². The van der Waals surface area contributed by atoms with E-state index in [0.29, 0.717) is 6.04 Å². The van der Waals surface area contributed by atoms with Gasteiger partial charge in [0.25, 0.3) is 0 Å². The molecule has 0 spiro atoms. The Labute approximate surface area is 102 Å². The normalized spacial score (nSPS) is 26.0. The molecule has 0 bridgehead atoms. The maximum atomic E-state index is 9.95. The van der Waals surface area contributed by atoms with Crippen LogP contribution in [0.5, 0.6) is 0 Å². The highest BCUT2D eigenvalue weighted by atomic mass is 35.5. The standard InChI is InChI=1S/C13H18ClNO/c1-13(2,16)12-7-6-11(15-12)9-4-3-5-10(14)8-9/h3-5,8,11-12,15-16H,6-7H2,1-2H3. The number of aliphatic hydroxyl groups is 1. The van der Waals surface area contributed by atoms with Crippen LogP contribution in [0.25, 0.3) is 0 Å². The van der Waals surface area contributed by atoms with Crippen molar-refractivity contribution in [3.05, 3.63) is 34.9 Å². The van der Waals surface area contributed by atoms with E-state index in [1.54, 1.807) is 0 Å². The zero-order chi connectivity index (χ0) is 11.8. The van der Waals surface area contributed by atoms with Gasteiger partial charge in [-0.15, -0.1) is 0 Å². The van der Waals surface area contributed by atoms with Crippen LogP contribution >= 0.6 is 11.6 Å². The second-order valence-corrected chi connectivity index (χ2v) is 5.49. The predicted octanol–water partition coefficient (Wildman–Crippen LogP) is 2.90. The van der Waals surface area contributed by atoms with E-state index < -0.39 is 5.60 Å². The number of nitrogens with one attached hydrogen (secondary N) is 1. The zero-order valence-corrected chi connectivity index (χ0v) is 10.5. The highest BCUT2D eigenvalue weighted by Gasteiger charge is 2.34. The monoisotopic (exact) mass is 239 g/mol. The van der Waals surface area contributed by atoms with Gasteiger partial charge in [0.15, 0.2) is 0 Å². The molecule has 0 saturated carbocycles. The summed E-state index contributed by atoms with van der Waals surface area (Å²) in [5, 5.41) is 14.2. The maximum absolute atomic E-state index is 9.95. The Morgan fingerprint density at radius 2 is 2.12 bits per heavy atom. The quantitative estimate of drug-likeness (QED) is 0.832. The van der Waals surface area contributed by atoms with E-state index in [0.717, 1.165) is 17.9 Å². The molecular formula is C13H18ClNO. The van der Waals surface area contributed by atoms with Gasteiger partial charge in [-0.05, 0) is 44.4 Å². The molecule has 2 nitrogen and oxygen atoms in total. The van der Waals surface area contributed by atoms with Crippen LogP contribution in [-0.4, -0.2) is 16.7 Å². The first-order valence-corrected chi connectivity index (χ1v) is 6.08. The maximum Gasteiger partial charge on any atom is 0.0744 e. The van der Waals surface area contributed by atoms with Gasteiger partial charge < -0.3 is 10.4 Å².